The molecule has 0 spiro atoms. The number of rotatable bonds is 15. The number of aliphatic carboxylic acids is 1. The van der Waals surface area contributed by atoms with Gasteiger partial charge in [0.1, 0.15) is 47.3 Å². The number of nitrogens with zero attached hydrogens (tertiary/aromatic N) is 8. The maximum atomic E-state index is 14.2. The number of aryl methyl sites for hydroxylation is 8. The summed E-state index contributed by atoms with van der Waals surface area (Å²) in [6, 6.07) is 13.5. The highest BCUT2D eigenvalue weighted by atomic mass is 19.1. The van der Waals surface area contributed by atoms with Crippen molar-refractivity contribution in [2.75, 3.05) is 27.4 Å². The van der Waals surface area contributed by atoms with Crippen LogP contribution in [0.3, 0.4) is 0 Å². The third-order valence-electron chi connectivity index (χ3n) is 11.6. The van der Waals surface area contributed by atoms with Crippen LogP contribution in [0.1, 0.15) is 52.1 Å². The summed E-state index contributed by atoms with van der Waals surface area (Å²) in [6.07, 6.45) is 6.17. The van der Waals surface area contributed by atoms with Crippen LogP contribution < -0.4 is 14.8 Å². The van der Waals surface area contributed by atoms with Gasteiger partial charge in [0.05, 0.1) is 38.3 Å². The molecular weight excluding hydrogens is 869 g/mol. The molecule has 67 heavy (non-hydrogen) atoms. The molecule has 0 saturated carbocycles. The topological polar surface area (TPSA) is 208 Å². The second kappa shape index (κ2) is 19.9. The number of imidazole rings is 2. The van der Waals surface area contributed by atoms with E-state index in [4.69, 9.17) is 28.2 Å². The van der Waals surface area contributed by atoms with Gasteiger partial charge in [-0.15, -0.1) is 0 Å². The van der Waals surface area contributed by atoms with Gasteiger partial charge in [0.15, 0.2) is 34.4 Å². The molecule has 1 fully saturated rings. The maximum Gasteiger partial charge on any atom is 0.323 e. The van der Waals surface area contributed by atoms with Gasteiger partial charge in [-0.3, -0.25) is 9.59 Å². The van der Waals surface area contributed by atoms with Gasteiger partial charge in [-0.2, -0.15) is 0 Å². The first-order valence-electron chi connectivity index (χ1n) is 21.6. The molecule has 9 rings (SSSR count). The van der Waals surface area contributed by atoms with Crippen LogP contribution in [0, 0.1) is 39.3 Å². The minimum atomic E-state index is -0.993. The summed E-state index contributed by atoms with van der Waals surface area (Å²) in [5.41, 5.74) is 8.79. The van der Waals surface area contributed by atoms with E-state index in [1.807, 2.05) is 50.5 Å². The first-order valence-corrected chi connectivity index (χ1v) is 21.6. The molecule has 7 heterocycles. The number of aromatic nitrogens is 8. The minimum absolute atomic E-state index is 0.0112. The minimum Gasteiger partial charge on any atom is -0.494 e. The quantitative estimate of drug-likeness (QED) is 0.104. The summed E-state index contributed by atoms with van der Waals surface area (Å²) in [5, 5.41) is 20.4. The van der Waals surface area contributed by atoms with Crippen molar-refractivity contribution in [3.63, 3.8) is 0 Å². The number of hydrogen-bond acceptors (Lipinski definition) is 13. The van der Waals surface area contributed by atoms with Crippen LogP contribution in [-0.2, 0) is 53.1 Å². The number of amides is 1. The molecule has 19 heteroatoms. The molecule has 0 aliphatic carbocycles. The molecule has 348 valence electrons. The highest BCUT2D eigenvalue weighted by Gasteiger charge is 2.23. The van der Waals surface area contributed by atoms with Crippen molar-refractivity contribution in [3.05, 3.63) is 118 Å². The Balaban J connectivity index is 0.000000184. The lowest BCUT2D eigenvalue weighted by molar-refractivity contribution is -0.137. The Hall–Kier alpha value is -7.54. The van der Waals surface area contributed by atoms with Crippen molar-refractivity contribution in [2.45, 2.75) is 78.9 Å². The number of carbonyl (C=O) groups is 2. The average Bonchev–Trinajstić information content (AvgIpc) is 4.14. The van der Waals surface area contributed by atoms with Crippen LogP contribution in [-0.4, -0.2) is 89.8 Å². The van der Waals surface area contributed by atoms with E-state index in [1.165, 1.54) is 26.4 Å². The van der Waals surface area contributed by atoms with Gasteiger partial charge in [-0.05, 0) is 94.5 Å². The summed E-state index contributed by atoms with van der Waals surface area (Å²) in [4.78, 5) is 42.9. The van der Waals surface area contributed by atoms with Gasteiger partial charge in [0.25, 0.3) is 0 Å². The van der Waals surface area contributed by atoms with E-state index in [1.54, 1.807) is 35.2 Å². The number of methoxy groups -OCH3 is 2. The van der Waals surface area contributed by atoms with Gasteiger partial charge in [-0.25, -0.2) is 28.7 Å². The molecule has 6 aromatic heterocycles. The number of fused-ring (bicyclic) bond motifs is 2. The number of pyridine rings is 2. The number of carbonyl (C=O) groups excluding carboxylic acids is 1. The van der Waals surface area contributed by atoms with Crippen molar-refractivity contribution >= 4 is 34.2 Å². The lowest BCUT2D eigenvalue weighted by Crippen LogP contribution is -2.37. The second-order valence-corrected chi connectivity index (χ2v) is 16.2. The van der Waals surface area contributed by atoms with Gasteiger partial charge < -0.3 is 42.8 Å². The van der Waals surface area contributed by atoms with Crippen molar-refractivity contribution in [1.29, 1.82) is 0 Å². The van der Waals surface area contributed by atoms with E-state index in [9.17, 15) is 23.5 Å². The maximum absolute atomic E-state index is 14.2. The smallest absolute Gasteiger partial charge is 0.323 e. The van der Waals surface area contributed by atoms with Crippen molar-refractivity contribution in [3.8, 4) is 33.8 Å². The molecule has 1 saturated heterocycles. The average molecular weight is 918 g/mol. The number of ether oxygens (including phenoxy) is 3. The monoisotopic (exact) mass is 917 g/mol. The Bertz CT molecular complexity index is 3060. The van der Waals surface area contributed by atoms with Gasteiger partial charge in [-0.1, -0.05) is 22.4 Å². The number of halogens is 2. The third kappa shape index (κ3) is 10.2. The molecule has 0 radical (unpaired) electrons. The molecule has 1 aliphatic rings. The SMILES string of the molecule is COc1ccc(CCc2nc3cc(-c4c(C)noc4C)cnc3n2CC(=O)NC2CCOC2)cc1F.COc1ccc(CCc2nc3cc(-c4c(C)noc4C)cnc3n2CC(=O)O)cc1F. The number of carboxylic acid groups (broad SMARTS) is 1. The third-order valence-corrected chi connectivity index (χ3v) is 11.6. The lowest BCUT2D eigenvalue weighted by Gasteiger charge is -2.13. The Kier molecular flexibility index (Phi) is 13.7. The van der Waals surface area contributed by atoms with E-state index in [0.29, 0.717) is 84.4 Å². The Morgan fingerprint density at radius 2 is 1.22 bits per heavy atom. The number of benzene rings is 2. The molecule has 17 nitrogen and oxygen atoms in total. The molecule has 1 atom stereocenters. The predicted octanol–water partition coefficient (Wildman–Crippen LogP) is 7.26. The van der Waals surface area contributed by atoms with E-state index < -0.39 is 17.6 Å². The lowest BCUT2D eigenvalue weighted by atomic mass is 10.1. The van der Waals surface area contributed by atoms with Crippen LogP contribution in [0.5, 0.6) is 11.5 Å². The number of nitrogens with one attached hydrogen (secondary N) is 1. The zero-order valence-electron chi connectivity index (χ0n) is 37.9. The normalized spacial score (nSPS) is 13.5. The Labute approximate surface area is 383 Å². The number of hydrogen-bond donors (Lipinski definition) is 2. The molecule has 0 bridgehead atoms. The Morgan fingerprint density at radius 3 is 1.63 bits per heavy atom. The second-order valence-electron chi connectivity index (χ2n) is 16.2. The first kappa shape index (κ1) is 46.0. The zero-order valence-corrected chi connectivity index (χ0v) is 37.9. The van der Waals surface area contributed by atoms with E-state index in [-0.39, 0.29) is 36.5 Å². The summed E-state index contributed by atoms with van der Waals surface area (Å²) in [5.74, 6) is 1.05. The molecule has 1 amide bonds. The van der Waals surface area contributed by atoms with Crippen LogP contribution in [0.2, 0.25) is 0 Å². The Morgan fingerprint density at radius 1 is 0.731 bits per heavy atom. The highest BCUT2D eigenvalue weighted by molar-refractivity contribution is 5.83. The molecule has 8 aromatic rings. The fraction of sp³-hybridized carbons (Fsp3) is 0.333. The molecule has 2 N–H and O–H groups in total. The van der Waals surface area contributed by atoms with Gasteiger partial charge in [0.2, 0.25) is 5.91 Å². The van der Waals surface area contributed by atoms with Crippen LogP contribution in [0.25, 0.3) is 44.6 Å². The fourth-order valence-corrected chi connectivity index (χ4v) is 8.34. The number of carboxylic acids is 1. The predicted molar refractivity (Wildman–Crippen MR) is 241 cm³/mol. The molecular formula is C48H49F2N9O8. The standard InChI is InChI=1S/C26H28FN5O4.C22H21FN4O4/c1-15-25(16(2)36-31-15)18-11-21-26(28-12-18)32(13-24(33)29-19-8-9-35-14-19)23(30-21)7-5-17-4-6-22(34-3)20(27)10-17;1-12-21(13(2)31-26-12)15-9-17-22(24-10-15)27(11-20(28)29)19(25-17)7-5-14-4-6-18(30-3)16(23)8-14/h4,6,10-12,19H,5,7-9,13-14H2,1-3H3,(H,29,33);4,6,8-10H,5,7,11H2,1-3H3,(H,28,29). The molecule has 2 aromatic carbocycles. The first-order chi connectivity index (χ1) is 32.3. The van der Waals surface area contributed by atoms with Gasteiger partial charge in [0, 0.05) is 54.1 Å². The van der Waals surface area contributed by atoms with Crippen molar-refractivity contribution < 1.29 is 46.7 Å². The van der Waals surface area contributed by atoms with E-state index >= 15 is 0 Å². The summed E-state index contributed by atoms with van der Waals surface area (Å²) >= 11 is 0. The van der Waals surface area contributed by atoms with Crippen molar-refractivity contribution in [1.82, 2.24) is 44.7 Å². The van der Waals surface area contributed by atoms with Crippen LogP contribution in [0.4, 0.5) is 8.78 Å². The van der Waals surface area contributed by atoms with E-state index in [0.717, 1.165) is 51.2 Å². The fourth-order valence-electron chi connectivity index (χ4n) is 8.34. The summed E-state index contributed by atoms with van der Waals surface area (Å²) < 4.78 is 57.5. The van der Waals surface area contributed by atoms with Crippen molar-refractivity contribution in [2.24, 2.45) is 0 Å². The molecule has 1 aliphatic heterocycles. The zero-order chi connectivity index (χ0) is 47.4. The van der Waals surface area contributed by atoms with Gasteiger partial charge >= 0.3 is 5.97 Å². The summed E-state index contributed by atoms with van der Waals surface area (Å²) in [6.45, 7) is 8.39. The van der Waals surface area contributed by atoms with E-state index in [2.05, 4.69) is 30.6 Å². The highest BCUT2D eigenvalue weighted by Crippen LogP contribution is 2.31. The largest absolute Gasteiger partial charge is 0.494 e. The molecule has 1 unspecified atom stereocenters. The van der Waals surface area contributed by atoms with Crippen LogP contribution >= 0.6 is 0 Å². The summed E-state index contributed by atoms with van der Waals surface area (Å²) in [7, 11) is 2.85. The van der Waals surface area contributed by atoms with Crippen LogP contribution in [0.15, 0.2) is 70.0 Å².